The third kappa shape index (κ3) is 4.10. The first-order chi connectivity index (χ1) is 15.2. The lowest BCUT2D eigenvalue weighted by Gasteiger charge is -2.34. The molecule has 1 aliphatic heterocycles. The van der Waals surface area contributed by atoms with Gasteiger partial charge in [-0.2, -0.15) is 0 Å². The van der Waals surface area contributed by atoms with E-state index in [0.29, 0.717) is 36.0 Å². The predicted molar refractivity (Wildman–Crippen MR) is 118 cm³/mol. The van der Waals surface area contributed by atoms with Crippen LogP contribution in [0, 0.1) is 0 Å². The van der Waals surface area contributed by atoms with Gasteiger partial charge in [-0.1, -0.05) is 30.3 Å². The van der Waals surface area contributed by atoms with Gasteiger partial charge in [0.15, 0.2) is 10.8 Å². The van der Waals surface area contributed by atoms with E-state index in [1.807, 2.05) is 40.6 Å². The SMILES string of the molecule is O=C(c1cnc(-c2ccccc2)nc1)N1CCN(Cc2cc(=O)n3ccsc3n2)CC1. The number of amides is 1. The summed E-state index contributed by atoms with van der Waals surface area (Å²) in [6.45, 7) is 3.26. The number of hydrogen-bond acceptors (Lipinski definition) is 7. The first-order valence-electron chi connectivity index (χ1n) is 10.0. The number of piperazine rings is 1. The van der Waals surface area contributed by atoms with Crippen LogP contribution in [0.25, 0.3) is 16.3 Å². The van der Waals surface area contributed by atoms with Crippen molar-refractivity contribution < 1.29 is 4.79 Å². The number of hydrogen-bond donors (Lipinski definition) is 0. The van der Waals surface area contributed by atoms with Gasteiger partial charge in [-0.15, -0.1) is 11.3 Å². The Hall–Kier alpha value is -3.43. The lowest BCUT2D eigenvalue weighted by Crippen LogP contribution is -2.48. The minimum absolute atomic E-state index is 0.0596. The summed E-state index contributed by atoms with van der Waals surface area (Å²) in [5.74, 6) is 0.545. The molecule has 8 nitrogen and oxygen atoms in total. The van der Waals surface area contributed by atoms with Crippen LogP contribution in [0.2, 0.25) is 0 Å². The molecule has 3 aromatic heterocycles. The van der Waals surface area contributed by atoms with E-state index < -0.39 is 0 Å². The third-order valence-corrected chi connectivity index (χ3v) is 6.09. The maximum Gasteiger partial charge on any atom is 0.258 e. The average molecular weight is 433 g/mol. The Morgan fingerprint density at radius 1 is 1.03 bits per heavy atom. The van der Waals surface area contributed by atoms with Gasteiger partial charge in [-0.3, -0.25) is 18.9 Å². The van der Waals surface area contributed by atoms with Crippen molar-refractivity contribution in [3.05, 3.63) is 82.0 Å². The van der Waals surface area contributed by atoms with Crippen LogP contribution in [0.4, 0.5) is 0 Å². The van der Waals surface area contributed by atoms with Gasteiger partial charge in [0, 0.05) is 68.3 Å². The van der Waals surface area contributed by atoms with Crippen molar-refractivity contribution in [2.24, 2.45) is 0 Å². The first kappa shape index (κ1) is 19.5. The summed E-state index contributed by atoms with van der Waals surface area (Å²) >= 11 is 1.45. The van der Waals surface area contributed by atoms with Crippen LogP contribution in [-0.4, -0.2) is 61.2 Å². The highest BCUT2D eigenvalue weighted by Gasteiger charge is 2.23. The van der Waals surface area contributed by atoms with E-state index in [1.165, 1.54) is 11.3 Å². The van der Waals surface area contributed by atoms with Crippen molar-refractivity contribution in [3.63, 3.8) is 0 Å². The Balaban J connectivity index is 1.21. The highest BCUT2D eigenvalue weighted by molar-refractivity contribution is 7.15. The van der Waals surface area contributed by atoms with Gasteiger partial charge >= 0.3 is 0 Å². The Bertz CT molecular complexity index is 1260. The van der Waals surface area contributed by atoms with Crippen LogP contribution in [0.1, 0.15) is 16.1 Å². The van der Waals surface area contributed by atoms with E-state index in [2.05, 4.69) is 19.9 Å². The second kappa shape index (κ2) is 8.37. The molecule has 0 unspecified atom stereocenters. The highest BCUT2D eigenvalue weighted by atomic mass is 32.1. The lowest BCUT2D eigenvalue weighted by atomic mass is 10.2. The van der Waals surface area contributed by atoms with Gasteiger partial charge in [0.2, 0.25) is 0 Å². The van der Waals surface area contributed by atoms with Gasteiger partial charge in [0.05, 0.1) is 11.3 Å². The van der Waals surface area contributed by atoms with Crippen LogP contribution in [-0.2, 0) is 6.54 Å². The number of benzene rings is 1. The number of carbonyl (C=O) groups excluding carboxylic acids is 1. The maximum absolute atomic E-state index is 12.8. The average Bonchev–Trinajstić information content (AvgIpc) is 3.29. The molecule has 9 heteroatoms. The standard InChI is InChI=1S/C22H20N6O2S/c29-19-12-18(25-22-28(19)10-11-31-22)15-26-6-8-27(9-7-26)21(30)17-13-23-20(24-14-17)16-4-2-1-3-5-16/h1-5,10-14H,6-9,15H2. The second-order valence-electron chi connectivity index (χ2n) is 7.37. The smallest absolute Gasteiger partial charge is 0.258 e. The van der Waals surface area contributed by atoms with Crippen LogP contribution in [0.5, 0.6) is 0 Å². The summed E-state index contributed by atoms with van der Waals surface area (Å²) in [6, 6.07) is 11.3. The summed E-state index contributed by atoms with van der Waals surface area (Å²) in [7, 11) is 0. The van der Waals surface area contributed by atoms with E-state index >= 15 is 0 Å². The van der Waals surface area contributed by atoms with Gasteiger partial charge in [-0.05, 0) is 0 Å². The van der Waals surface area contributed by atoms with Crippen molar-refractivity contribution in [2.75, 3.05) is 26.2 Å². The third-order valence-electron chi connectivity index (χ3n) is 5.33. The molecule has 156 valence electrons. The molecular weight excluding hydrogens is 412 g/mol. The topological polar surface area (TPSA) is 83.7 Å². The summed E-state index contributed by atoms with van der Waals surface area (Å²) < 4.78 is 1.55. The Morgan fingerprint density at radius 2 is 1.77 bits per heavy atom. The predicted octanol–water partition coefficient (Wildman–Crippen LogP) is 2.17. The number of rotatable bonds is 4. The van der Waals surface area contributed by atoms with Crippen LogP contribution in [0.3, 0.4) is 0 Å². The summed E-state index contributed by atoms with van der Waals surface area (Å²) in [6.07, 6.45) is 4.93. The molecule has 0 radical (unpaired) electrons. The van der Waals surface area contributed by atoms with Gasteiger partial charge in [-0.25, -0.2) is 15.0 Å². The highest BCUT2D eigenvalue weighted by Crippen LogP contribution is 2.15. The van der Waals surface area contributed by atoms with E-state index in [0.717, 1.165) is 24.3 Å². The van der Waals surface area contributed by atoms with Crippen LogP contribution < -0.4 is 5.56 Å². The number of nitrogens with zero attached hydrogens (tertiary/aromatic N) is 6. The molecule has 1 saturated heterocycles. The van der Waals surface area contributed by atoms with E-state index in [4.69, 9.17) is 0 Å². The van der Waals surface area contributed by atoms with Crippen molar-refractivity contribution in [2.45, 2.75) is 6.54 Å². The van der Waals surface area contributed by atoms with E-state index in [9.17, 15) is 9.59 Å². The number of fused-ring (bicyclic) bond motifs is 1. The molecule has 1 aromatic carbocycles. The van der Waals surface area contributed by atoms with Gasteiger partial charge in [0.1, 0.15) is 0 Å². The Morgan fingerprint density at radius 3 is 2.52 bits per heavy atom. The fourth-order valence-electron chi connectivity index (χ4n) is 3.66. The quantitative estimate of drug-likeness (QED) is 0.492. The Labute approximate surface area is 182 Å². The first-order valence-corrected chi connectivity index (χ1v) is 10.9. The molecule has 0 bridgehead atoms. The van der Waals surface area contributed by atoms with Gasteiger partial charge in [0.25, 0.3) is 11.5 Å². The van der Waals surface area contributed by atoms with Crippen molar-refractivity contribution in [1.29, 1.82) is 0 Å². The molecule has 5 rings (SSSR count). The number of carbonyl (C=O) groups is 1. The minimum Gasteiger partial charge on any atom is -0.336 e. The molecule has 0 saturated carbocycles. The summed E-state index contributed by atoms with van der Waals surface area (Å²) in [5, 5.41) is 1.86. The number of aromatic nitrogens is 4. The molecule has 4 heterocycles. The number of thiazole rings is 1. The largest absolute Gasteiger partial charge is 0.336 e. The molecule has 0 spiro atoms. The van der Waals surface area contributed by atoms with Gasteiger partial charge < -0.3 is 4.90 Å². The fraction of sp³-hybridized carbons (Fsp3) is 0.227. The van der Waals surface area contributed by atoms with Crippen molar-refractivity contribution in [1.82, 2.24) is 29.2 Å². The van der Waals surface area contributed by atoms with E-state index in [1.54, 1.807) is 29.1 Å². The molecule has 0 N–H and O–H groups in total. The minimum atomic E-state index is -0.0611. The van der Waals surface area contributed by atoms with Crippen LogP contribution >= 0.6 is 11.3 Å². The lowest BCUT2D eigenvalue weighted by molar-refractivity contribution is 0.0626. The van der Waals surface area contributed by atoms with Crippen molar-refractivity contribution >= 4 is 22.2 Å². The molecule has 1 aliphatic rings. The second-order valence-corrected chi connectivity index (χ2v) is 8.24. The molecular formula is C22H20N6O2S. The fourth-order valence-corrected chi connectivity index (χ4v) is 4.40. The zero-order valence-electron chi connectivity index (χ0n) is 16.7. The summed E-state index contributed by atoms with van der Waals surface area (Å²) in [4.78, 5) is 43.0. The molecule has 4 aromatic rings. The zero-order valence-corrected chi connectivity index (χ0v) is 17.5. The van der Waals surface area contributed by atoms with E-state index in [-0.39, 0.29) is 11.5 Å². The molecule has 31 heavy (non-hydrogen) atoms. The zero-order chi connectivity index (χ0) is 21.2. The van der Waals surface area contributed by atoms with Crippen LogP contribution in [0.15, 0.2) is 65.2 Å². The Kier molecular flexibility index (Phi) is 5.27. The molecule has 0 atom stereocenters. The maximum atomic E-state index is 12.8. The monoisotopic (exact) mass is 432 g/mol. The molecule has 1 amide bonds. The molecule has 1 fully saturated rings. The molecule has 0 aliphatic carbocycles. The van der Waals surface area contributed by atoms with Crippen molar-refractivity contribution in [3.8, 4) is 11.4 Å². The normalized spacial score (nSPS) is 14.8. The summed E-state index contributed by atoms with van der Waals surface area (Å²) in [5.41, 5.74) is 2.11.